The molecule has 1 atom stereocenters. The molecule has 0 spiro atoms. The van der Waals surface area contributed by atoms with Crippen molar-refractivity contribution < 1.29 is 10.2 Å². The lowest BCUT2D eigenvalue weighted by molar-refractivity contribution is 0.169. The summed E-state index contributed by atoms with van der Waals surface area (Å²) in [6.07, 6.45) is 6.60. The molecule has 0 bridgehead atoms. The van der Waals surface area contributed by atoms with Gasteiger partial charge in [0.2, 0.25) is 0 Å². The molecule has 19 heavy (non-hydrogen) atoms. The zero-order valence-electron chi connectivity index (χ0n) is 11.6. The largest absolute Gasteiger partial charge is 0.396 e. The van der Waals surface area contributed by atoms with E-state index in [1.165, 1.54) is 19.3 Å². The van der Waals surface area contributed by atoms with Crippen molar-refractivity contribution in [2.75, 3.05) is 18.1 Å². The minimum atomic E-state index is -0.469. The SMILES string of the molecule is CC[C@H](O)c1ccc(N(CCCO)C2CCC2)cn1. The number of hydrogen-bond acceptors (Lipinski definition) is 4. The molecule has 0 radical (unpaired) electrons. The topological polar surface area (TPSA) is 56.6 Å². The zero-order valence-corrected chi connectivity index (χ0v) is 11.6. The van der Waals surface area contributed by atoms with Gasteiger partial charge in [-0.05, 0) is 44.2 Å². The predicted molar refractivity (Wildman–Crippen MR) is 76.2 cm³/mol. The number of aliphatic hydroxyl groups is 2. The van der Waals surface area contributed by atoms with Gasteiger partial charge in [0.15, 0.2) is 0 Å². The summed E-state index contributed by atoms with van der Waals surface area (Å²) in [6, 6.07) is 4.54. The lowest BCUT2D eigenvalue weighted by atomic mass is 9.91. The minimum Gasteiger partial charge on any atom is -0.396 e. The molecule has 0 unspecified atom stereocenters. The van der Waals surface area contributed by atoms with Crippen molar-refractivity contribution in [1.29, 1.82) is 0 Å². The first-order valence-electron chi connectivity index (χ1n) is 7.27. The third-order valence-corrected chi connectivity index (χ3v) is 3.90. The number of anilines is 1. The van der Waals surface area contributed by atoms with Gasteiger partial charge in [-0.2, -0.15) is 0 Å². The molecule has 1 aromatic rings. The van der Waals surface area contributed by atoms with Gasteiger partial charge in [-0.3, -0.25) is 4.98 Å². The molecule has 0 amide bonds. The average molecular weight is 264 g/mol. The molecule has 1 aliphatic rings. The third kappa shape index (κ3) is 3.45. The van der Waals surface area contributed by atoms with Gasteiger partial charge in [-0.15, -0.1) is 0 Å². The van der Waals surface area contributed by atoms with E-state index in [2.05, 4.69) is 9.88 Å². The van der Waals surface area contributed by atoms with Crippen LogP contribution in [0.5, 0.6) is 0 Å². The van der Waals surface area contributed by atoms with Crippen LogP contribution >= 0.6 is 0 Å². The Labute approximate surface area is 115 Å². The van der Waals surface area contributed by atoms with E-state index in [1.807, 2.05) is 25.3 Å². The van der Waals surface area contributed by atoms with E-state index in [9.17, 15) is 5.11 Å². The van der Waals surface area contributed by atoms with E-state index in [1.54, 1.807) is 0 Å². The Morgan fingerprint density at radius 3 is 2.68 bits per heavy atom. The van der Waals surface area contributed by atoms with Gasteiger partial charge >= 0.3 is 0 Å². The summed E-state index contributed by atoms with van der Waals surface area (Å²) in [7, 11) is 0. The van der Waals surface area contributed by atoms with Crippen molar-refractivity contribution in [3.63, 3.8) is 0 Å². The summed E-state index contributed by atoms with van der Waals surface area (Å²) in [4.78, 5) is 6.71. The molecule has 4 nitrogen and oxygen atoms in total. The molecular formula is C15H24N2O2. The normalized spacial score (nSPS) is 17.0. The summed E-state index contributed by atoms with van der Waals surface area (Å²) >= 11 is 0. The zero-order chi connectivity index (χ0) is 13.7. The van der Waals surface area contributed by atoms with Crippen LogP contribution in [-0.4, -0.2) is 34.4 Å². The summed E-state index contributed by atoms with van der Waals surface area (Å²) in [6.45, 7) is 3.05. The van der Waals surface area contributed by atoms with Crippen LogP contribution in [-0.2, 0) is 0 Å². The fraction of sp³-hybridized carbons (Fsp3) is 0.667. The summed E-state index contributed by atoms with van der Waals surface area (Å²) in [5.74, 6) is 0. The number of pyridine rings is 1. The average Bonchev–Trinajstić information content (AvgIpc) is 2.40. The number of hydrogen-bond donors (Lipinski definition) is 2. The van der Waals surface area contributed by atoms with E-state index in [-0.39, 0.29) is 6.61 Å². The molecule has 106 valence electrons. The Hall–Kier alpha value is -1.13. The van der Waals surface area contributed by atoms with Crippen molar-refractivity contribution in [2.45, 2.75) is 51.2 Å². The van der Waals surface area contributed by atoms with Crippen LogP contribution in [0.3, 0.4) is 0 Å². The van der Waals surface area contributed by atoms with Crippen LogP contribution in [0.2, 0.25) is 0 Å². The van der Waals surface area contributed by atoms with Crippen molar-refractivity contribution in [2.24, 2.45) is 0 Å². The third-order valence-electron chi connectivity index (χ3n) is 3.90. The number of nitrogens with zero attached hydrogens (tertiary/aromatic N) is 2. The summed E-state index contributed by atoms with van der Waals surface area (Å²) < 4.78 is 0. The molecular weight excluding hydrogens is 240 g/mol. The molecule has 0 aliphatic heterocycles. The highest BCUT2D eigenvalue weighted by molar-refractivity contribution is 5.46. The van der Waals surface area contributed by atoms with Crippen molar-refractivity contribution in [1.82, 2.24) is 4.98 Å². The molecule has 1 saturated carbocycles. The van der Waals surface area contributed by atoms with Gasteiger partial charge in [0.05, 0.1) is 23.7 Å². The van der Waals surface area contributed by atoms with Crippen LogP contribution in [0.25, 0.3) is 0 Å². The molecule has 2 N–H and O–H groups in total. The van der Waals surface area contributed by atoms with E-state index < -0.39 is 6.10 Å². The molecule has 2 rings (SSSR count). The lowest BCUT2D eigenvalue weighted by Gasteiger charge is -2.39. The van der Waals surface area contributed by atoms with Gasteiger partial charge in [0.25, 0.3) is 0 Å². The van der Waals surface area contributed by atoms with E-state index >= 15 is 0 Å². The first-order valence-corrected chi connectivity index (χ1v) is 7.27. The number of rotatable bonds is 7. The van der Waals surface area contributed by atoms with Crippen molar-refractivity contribution in [3.05, 3.63) is 24.0 Å². The fourth-order valence-electron chi connectivity index (χ4n) is 2.44. The van der Waals surface area contributed by atoms with E-state index in [0.29, 0.717) is 12.5 Å². The summed E-state index contributed by atoms with van der Waals surface area (Å²) in [5, 5.41) is 18.8. The second-order valence-electron chi connectivity index (χ2n) is 5.22. The minimum absolute atomic E-state index is 0.225. The second-order valence-corrected chi connectivity index (χ2v) is 5.22. The highest BCUT2D eigenvalue weighted by atomic mass is 16.3. The van der Waals surface area contributed by atoms with Crippen LogP contribution in [0.1, 0.15) is 50.8 Å². The fourth-order valence-corrected chi connectivity index (χ4v) is 2.44. The maximum atomic E-state index is 9.76. The smallest absolute Gasteiger partial charge is 0.0957 e. The van der Waals surface area contributed by atoms with Gasteiger partial charge in [0, 0.05) is 19.2 Å². The molecule has 1 fully saturated rings. The highest BCUT2D eigenvalue weighted by Gasteiger charge is 2.25. The maximum absolute atomic E-state index is 9.76. The van der Waals surface area contributed by atoms with Gasteiger partial charge in [-0.25, -0.2) is 0 Å². The van der Waals surface area contributed by atoms with Gasteiger partial charge < -0.3 is 15.1 Å². The van der Waals surface area contributed by atoms with Crippen LogP contribution in [0.15, 0.2) is 18.3 Å². The quantitative estimate of drug-likeness (QED) is 0.793. The Bertz CT molecular complexity index is 376. The molecule has 1 heterocycles. The molecule has 0 aromatic carbocycles. The van der Waals surface area contributed by atoms with Gasteiger partial charge in [0.1, 0.15) is 0 Å². The first kappa shape index (κ1) is 14.3. The second kappa shape index (κ2) is 6.87. The Balaban J connectivity index is 2.07. The van der Waals surface area contributed by atoms with Crippen LogP contribution in [0, 0.1) is 0 Å². The Kier molecular flexibility index (Phi) is 5.16. The highest BCUT2D eigenvalue weighted by Crippen LogP contribution is 2.29. The Morgan fingerprint density at radius 2 is 2.21 bits per heavy atom. The monoisotopic (exact) mass is 264 g/mol. The van der Waals surface area contributed by atoms with Crippen LogP contribution < -0.4 is 4.90 Å². The Morgan fingerprint density at radius 1 is 1.42 bits per heavy atom. The summed E-state index contributed by atoms with van der Waals surface area (Å²) in [5.41, 5.74) is 1.84. The first-order chi connectivity index (χ1) is 9.26. The van der Waals surface area contributed by atoms with Crippen molar-refractivity contribution in [3.8, 4) is 0 Å². The molecule has 1 aliphatic carbocycles. The van der Waals surface area contributed by atoms with Gasteiger partial charge in [-0.1, -0.05) is 6.92 Å². The molecule has 0 saturated heterocycles. The standard InChI is InChI=1S/C15H24N2O2/c1-2-15(19)14-8-7-13(11-16-14)17(9-4-10-18)12-5-3-6-12/h7-8,11-12,15,18-19H,2-6,9-10H2,1H3/t15-/m0/s1. The number of aliphatic hydroxyl groups excluding tert-OH is 2. The lowest BCUT2D eigenvalue weighted by Crippen LogP contribution is -2.41. The number of aromatic nitrogens is 1. The van der Waals surface area contributed by atoms with E-state index in [4.69, 9.17) is 5.11 Å². The van der Waals surface area contributed by atoms with E-state index in [0.717, 1.165) is 24.3 Å². The predicted octanol–water partition coefficient (Wildman–Crippen LogP) is 2.27. The molecule has 1 aromatic heterocycles. The molecule has 4 heteroatoms. The van der Waals surface area contributed by atoms with Crippen molar-refractivity contribution >= 4 is 5.69 Å². The van der Waals surface area contributed by atoms with Crippen LogP contribution in [0.4, 0.5) is 5.69 Å². The maximum Gasteiger partial charge on any atom is 0.0957 e.